The number of hydrogen-bond donors (Lipinski definition) is 2. The molecule has 4 rings (SSSR count). The van der Waals surface area contributed by atoms with Crippen molar-refractivity contribution in [1.82, 2.24) is 9.97 Å². The Labute approximate surface area is 150 Å². The molecule has 0 atom stereocenters. The maximum Gasteiger partial charge on any atom is 0.231 e. The first kappa shape index (κ1) is 16.0. The van der Waals surface area contributed by atoms with E-state index in [2.05, 4.69) is 15.3 Å². The maximum atomic E-state index is 5.78. The van der Waals surface area contributed by atoms with Gasteiger partial charge < -0.3 is 25.3 Å². The summed E-state index contributed by atoms with van der Waals surface area (Å²) in [7, 11) is 1.64. The van der Waals surface area contributed by atoms with Crippen molar-refractivity contribution in [2.75, 3.05) is 25.0 Å². The quantitative estimate of drug-likeness (QED) is 0.730. The van der Waals surface area contributed by atoms with Crippen molar-refractivity contribution < 1.29 is 14.2 Å². The van der Waals surface area contributed by atoms with Crippen LogP contribution in [0.3, 0.4) is 0 Å². The SMILES string of the molecule is COc1cccc(-c2cnc(N)nc2NCc2ccc3c(c2)OCO3)c1. The predicted octanol–water partition coefficient (Wildman–Crippen LogP) is 3.08. The van der Waals surface area contributed by atoms with Gasteiger partial charge in [0.05, 0.1) is 7.11 Å². The van der Waals surface area contributed by atoms with Gasteiger partial charge in [-0.2, -0.15) is 4.98 Å². The first-order chi connectivity index (χ1) is 12.7. The van der Waals surface area contributed by atoms with Gasteiger partial charge >= 0.3 is 0 Å². The van der Waals surface area contributed by atoms with Crippen LogP contribution in [0.25, 0.3) is 11.1 Å². The fourth-order valence-corrected chi connectivity index (χ4v) is 2.77. The third-order valence-electron chi connectivity index (χ3n) is 4.09. The Morgan fingerprint density at radius 2 is 2.04 bits per heavy atom. The Bertz CT molecular complexity index is 946. The summed E-state index contributed by atoms with van der Waals surface area (Å²) in [6.07, 6.45) is 1.71. The molecule has 0 saturated carbocycles. The van der Waals surface area contributed by atoms with Crippen LogP contribution in [0.5, 0.6) is 17.2 Å². The number of nitrogens with one attached hydrogen (secondary N) is 1. The van der Waals surface area contributed by atoms with E-state index in [1.54, 1.807) is 13.3 Å². The normalized spacial score (nSPS) is 12.0. The van der Waals surface area contributed by atoms with E-state index in [0.717, 1.165) is 33.9 Å². The van der Waals surface area contributed by atoms with Gasteiger partial charge in [0.25, 0.3) is 0 Å². The van der Waals surface area contributed by atoms with Crippen molar-refractivity contribution in [1.29, 1.82) is 0 Å². The van der Waals surface area contributed by atoms with E-state index in [1.165, 1.54) is 0 Å². The van der Waals surface area contributed by atoms with E-state index in [4.69, 9.17) is 19.9 Å². The minimum absolute atomic E-state index is 0.213. The van der Waals surface area contributed by atoms with Gasteiger partial charge in [-0.15, -0.1) is 0 Å². The molecule has 1 aliphatic heterocycles. The number of anilines is 2. The Hall–Kier alpha value is -3.48. The zero-order valence-corrected chi connectivity index (χ0v) is 14.2. The van der Waals surface area contributed by atoms with Crippen LogP contribution in [0.15, 0.2) is 48.7 Å². The van der Waals surface area contributed by atoms with Gasteiger partial charge in [-0.1, -0.05) is 18.2 Å². The zero-order valence-electron chi connectivity index (χ0n) is 14.2. The summed E-state index contributed by atoms with van der Waals surface area (Å²) in [5.74, 6) is 3.14. The van der Waals surface area contributed by atoms with Gasteiger partial charge in [-0.25, -0.2) is 4.98 Å². The third-order valence-corrected chi connectivity index (χ3v) is 4.09. The van der Waals surface area contributed by atoms with Crippen LogP contribution >= 0.6 is 0 Å². The van der Waals surface area contributed by atoms with Crippen LogP contribution in [-0.4, -0.2) is 23.9 Å². The molecule has 2 aromatic carbocycles. The average Bonchev–Trinajstić information content (AvgIpc) is 3.14. The van der Waals surface area contributed by atoms with Gasteiger partial charge in [0.2, 0.25) is 12.7 Å². The molecule has 1 aromatic heterocycles. The van der Waals surface area contributed by atoms with Crippen molar-refractivity contribution in [3.05, 3.63) is 54.2 Å². The van der Waals surface area contributed by atoms with E-state index in [1.807, 2.05) is 42.5 Å². The predicted molar refractivity (Wildman–Crippen MR) is 98.3 cm³/mol. The van der Waals surface area contributed by atoms with Crippen molar-refractivity contribution in [3.8, 4) is 28.4 Å². The highest BCUT2D eigenvalue weighted by molar-refractivity contribution is 5.76. The summed E-state index contributed by atoms with van der Waals surface area (Å²) in [6.45, 7) is 0.818. The molecule has 0 amide bonds. The second kappa shape index (κ2) is 6.79. The van der Waals surface area contributed by atoms with E-state index < -0.39 is 0 Å². The average molecular weight is 350 g/mol. The summed E-state index contributed by atoms with van der Waals surface area (Å²) in [5.41, 5.74) is 8.61. The van der Waals surface area contributed by atoms with Gasteiger partial charge in [0.15, 0.2) is 11.5 Å². The van der Waals surface area contributed by atoms with Crippen molar-refractivity contribution in [2.24, 2.45) is 0 Å². The van der Waals surface area contributed by atoms with Gasteiger partial charge in [0, 0.05) is 18.3 Å². The maximum absolute atomic E-state index is 5.78. The van der Waals surface area contributed by atoms with Crippen molar-refractivity contribution in [3.63, 3.8) is 0 Å². The number of hydrogen-bond acceptors (Lipinski definition) is 7. The summed E-state index contributed by atoms with van der Waals surface area (Å²) in [5, 5.41) is 3.33. The second-order valence-electron chi connectivity index (χ2n) is 5.76. The second-order valence-corrected chi connectivity index (χ2v) is 5.76. The molecular formula is C19H18N4O3. The van der Waals surface area contributed by atoms with E-state index in [9.17, 15) is 0 Å². The lowest BCUT2D eigenvalue weighted by atomic mass is 10.1. The molecular weight excluding hydrogens is 332 g/mol. The molecule has 26 heavy (non-hydrogen) atoms. The summed E-state index contributed by atoms with van der Waals surface area (Å²) in [6, 6.07) is 13.6. The van der Waals surface area contributed by atoms with Crippen LogP contribution in [0, 0.1) is 0 Å². The van der Waals surface area contributed by atoms with Crippen LogP contribution < -0.4 is 25.3 Å². The minimum Gasteiger partial charge on any atom is -0.497 e. The molecule has 3 N–H and O–H groups in total. The number of benzene rings is 2. The molecule has 0 radical (unpaired) electrons. The largest absolute Gasteiger partial charge is 0.497 e. The summed E-state index contributed by atoms with van der Waals surface area (Å²) < 4.78 is 16.1. The fourth-order valence-electron chi connectivity index (χ4n) is 2.77. The third kappa shape index (κ3) is 3.19. The summed E-state index contributed by atoms with van der Waals surface area (Å²) in [4.78, 5) is 8.47. The number of fused-ring (bicyclic) bond motifs is 1. The molecule has 2 heterocycles. The highest BCUT2D eigenvalue weighted by atomic mass is 16.7. The van der Waals surface area contributed by atoms with E-state index in [0.29, 0.717) is 12.4 Å². The topological polar surface area (TPSA) is 91.5 Å². The van der Waals surface area contributed by atoms with Crippen LogP contribution in [-0.2, 0) is 6.54 Å². The van der Waals surface area contributed by atoms with Crippen LogP contribution in [0.2, 0.25) is 0 Å². The Morgan fingerprint density at radius 3 is 2.92 bits per heavy atom. The monoisotopic (exact) mass is 350 g/mol. The number of methoxy groups -OCH3 is 1. The molecule has 0 fully saturated rings. The molecule has 0 bridgehead atoms. The number of nitrogens with two attached hydrogens (primary N) is 1. The fraction of sp³-hybridized carbons (Fsp3) is 0.158. The molecule has 0 unspecified atom stereocenters. The molecule has 0 aliphatic carbocycles. The van der Waals surface area contributed by atoms with Crippen LogP contribution in [0.1, 0.15) is 5.56 Å². The molecule has 0 spiro atoms. The number of ether oxygens (including phenoxy) is 3. The Morgan fingerprint density at radius 1 is 1.15 bits per heavy atom. The molecule has 7 nitrogen and oxygen atoms in total. The van der Waals surface area contributed by atoms with E-state index in [-0.39, 0.29) is 12.7 Å². The number of nitrogens with zero attached hydrogens (tertiary/aromatic N) is 2. The molecule has 3 aromatic rings. The molecule has 0 saturated heterocycles. The van der Waals surface area contributed by atoms with Gasteiger partial charge in [-0.3, -0.25) is 0 Å². The number of aromatic nitrogens is 2. The smallest absolute Gasteiger partial charge is 0.231 e. The highest BCUT2D eigenvalue weighted by Crippen LogP contribution is 2.33. The summed E-state index contributed by atoms with van der Waals surface area (Å²) >= 11 is 0. The number of nitrogen functional groups attached to an aromatic ring is 1. The van der Waals surface area contributed by atoms with Crippen molar-refractivity contribution >= 4 is 11.8 Å². The first-order valence-electron chi connectivity index (χ1n) is 8.12. The van der Waals surface area contributed by atoms with Gasteiger partial charge in [-0.05, 0) is 35.4 Å². The van der Waals surface area contributed by atoms with E-state index >= 15 is 0 Å². The molecule has 132 valence electrons. The molecule has 1 aliphatic rings. The lowest BCUT2D eigenvalue weighted by molar-refractivity contribution is 0.174. The van der Waals surface area contributed by atoms with Gasteiger partial charge in [0.1, 0.15) is 11.6 Å². The molecule has 7 heteroatoms. The van der Waals surface area contributed by atoms with Crippen molar-refractivity contribution in [2.45, 2.75) is 6.54 Å². The minimum atomic E-state index is 0.213. The lowest BCUT2D eigenvalue weighted by Gasteiger charge is -2.12. The Balaban J connectivity index is 1.60. The standard InChI is InChI=1S/C19H18N4O3/c1-24-14-4-2-3-13(8-14)15-10-22-19(20)23-18(15)21-9-12-5-6-16-17(7-12)26-11-25-16/h2-8,10H,9,11H2,1H3,(H3,20,21,22,23). The first-order valence-corrected chi connectivity index (χ1v) is 8.12. The number of rotatable bonds is 5. The highest BCUT2D eigenvalue weighted by Gasteiger charge is 2.14. The van der Waals surface area contributed by atoms with Crippen LogP contribution in [0.4, 0.5) is 11.8 Å². The Kier molecular flexibility index (Phi) is 4.18. The zero-order chi connectivity index (χ0) is 17.9. The lowest BCUT2D eigenvalue weighted by Crippen LogP contribution is -2.06.